The lowest BCUT2D eigenvalue weighted by atomic mass is 9.99. The van der Waals surface area contributed by atoms with Crippen molar-refractivity contribution in [2.24, 2.45) is 4.99 Å². The molecule has 31 heavy (non-hydrogen) atoms. The highest BCUT2D eigenvalue weighted by molar-refractivity contribution is 6.34. The van der Waals surface area contributed by atoms with Crippen LogP contribution in [0.2, 0.25) is 0 Å². The standard InChI is InChI=1S/C23H25ClN6O/c1-13-8-14(2)20(26-10-13)15-9-19(25-12-17(15)24)30-7-4-18-16(21(30)31)11-27-22(28-18)29-23(3)5-6-23/h8-12,17,19H,4-7H2,1-3H3,(H,27,28,29). The van der Waals surface area contributed by atoms with Gasteiger partial charge in [0.2, 0.25) is 5.95 Å². The van der Waals surface area contributed by atoms with E-state index in [1.165, 1.54) is 0 Å². The highest BCUT2D eigenvalue weighted by atomic mass is 35.5. The number of aromatic nitrogens is 3. The number of carbonyl (C=O) groups excluding carboxylic acids is 1. The van der Waals surface area contributed by atoms with E-state index in [0.29, 0.717) is 24.5 Å². The summed E-state index contributed by atoms with van der Waals surface area (Å²) in [6.45, 7) is 6.73. The Morgan fingerprint density at radius 3 is 2.77 bits per heavy atom. The van der Waals surface area contributed by atoms with Crippen molar-refractivity contribution in [3.8, 4) is 0 Å². The number of alkyl halides is 1. The van der Waals surface area contributed by atoms with Crippen LogP contribution in [0.3, 0.4) is 0 Å². The third-order valence-corrected chi connectivity index (χ3v) is 6.51. The van der Waals surface area contributed by atoms with Gasteiger partial charge in [0.05, 0.1) is 22.3 Å². The second-order valence-corrected chi connectivity index (χ2v) is 9.37. The summed E-state index contributed by atoms with van der Waals surface area (Å²) in [4.78, 5) is 33.1. The van der Waals surface area contributed by atoms with Crippen molar-refractivity contribution >= 4 is 35.2 Å². The van der Waals surface area contributed by atoms with Crippen LogP contribution < -0.4 is 5.32 Å². The summed E-state index contributed by atoms with van der Waals surface area (Å²) >= 11 is 6.54. The van der Waals surface area contributed by atoms with Gasteiger partial charge in [-0.3, -0.25) is 14.8 Å². The van der Waals surface area contributed by atoms with E-state index in [9.17, 15) is 4.79 Å². The van der Waals surface area contributed by atoms with Gasteiger partial charge in [-0.1, -0.05) is 6.07 Å². The van der Waals surface area contributed by atoms with E-state index in [1.807, 2.05) is 26.1 Å². The number of anilines is 1. The Morgan fingerprint density at radius 2 is 2.03 bits per heavy atom. The molecule has 160 valence electrons. The van der Waals surface area contributed by atoms with Gasteiger partial charge in [-0.2, -0.15) is 0 Å². The lowest BCUT2D eigenvalue weighted by molar-refractivity contribution is 0.0698. The lowest BCUT2D eigenvalue weighted by Gasteiger charge is -2.33. The monoisotopic (exact) mass is 436 g/mol. The van der Waals surface area contributed by atoms with E-state index in [0.717, 1.165) is 40.9 Å². The minimum atomic E-state index is -0.420. The Kier molecular flexibility index (Phi) is 4.81. The average molecular weight is 437 g/mol. The number of amides is 1. The SMILES string of the molecule is Cc1cnc(C2=CC(N3CCc4nc(NC5(C)CC5)ncc4C3=O)N=CC2Cl)c(C)c1. The third-order valence-electron chi connectivity index (χ3n) is 6.17. The normalized spacial score (nSPS) is 23.9. The number of pyridine rings is 1. The number of hydrogen-bond acceptors (Lipinski definition) is 6. The fourth-order valence-corrected chi connectivity index (χ4v) is 4.34. The van der Waals surface area contributed by atoms with E-state index in [2.05, 4.69) is 38.3 Å². The zero-order valence-corrected chi connectivity index (χ0v) is 18.6. The van der Waals surface area contributed by atoms with Crippen LogP contribution in [0.1, 0.15) is 52.6 Å². The number of fused-ring (bicyclic) bond motifs is 1. The second kappa shape index (κ2) is 7.41. The number of halogens is 1. The van der Waals surface area contributed by atoms with Gasteiger partial charge in [0.15, 0.2) is 0 Å². The third kappa shape index (κ3) is 3.82. The first-order chi connectivity index (χ1) is 14.8. The van der Waals surface area contributed by atoms with Crippen molar-refractivity contribution in [3.63, 3.8) is 0 Å². The highest BCUT2D eigenvalue weighted by Gasteiger charge is 2.38. The van der Waals surface area contributed by atoms with Crippen LogP contribution >= 0.6 is 11.6 Å². The number of nitrogens with zero attached hydrogens (tertiary/aromatic N) is 5. The highest BCUT2D eigenvalue weighted by Crippen LogP contribution is 2.37. The topological polar surface area (TPSA) is 83.4 Å². The maximum absolute atomic E-state index is 13.2. The van der Waals surface area contributed by atoms with Gasteiger partial charge in [0.1, 0.15) is 6.17 Å². The summed E-state index contributed by atoms with van der Waals surface area (Å²) in [5.41, 5.74) is 5.31. The van der Waals surface area contributed by atoms with Crippen molar-refractivity contribution in [3.05, 3.63) is 52.6 Å². The minimum absolute atomic E-state index is 0.0944. The molecule has 2 aromatic rings. The molecule has 5 rings (SSSR count). The number of allylic oxidation sites excluding steroid dienone is 1. The molecule has 0 bridgehead atoms. The van der Waals surface area contributed by atoms with Crippen LogP contribution in [0.4, 0.5) is 5.95 Å². The molecule has 1 amide bonds. The first kappa shape index (κ1) is 20.1. The number of carbonyl (C=O) groups is 1. The Bertz CT molecular complexity index is 1120. The molecule has 0 radical (unpaired) electrons. The first-order valence-corrected chi connectivity index (χ1v) is 11.0. The van der Waals surface area contributed by atoms with E-state index in [4.69, 9.17) is 11.6 Å². The fraction of sp³-hybridized carbons (Fsp3) is 0.435. The molecule has 1 aliphatic carbocycles. The number of aryl methyl sites for hydroxylation is 2. The molecule has 0 spiro atoms. The van der Waals surface area contributed by atoms with E-state index in [-0.39, 0.29) is 16.8 Å². The number of hydrogen-bond donors (Lipinski definition) is 1. The average Bonchev–Trinajstić information content (AvgIpc) is 3.46. The number of dihydropyridines is 1. The van der Waals surface area contributed by atoms with Gasteiger partial charge in [-0.15, -0.1) is 11.6 Å². The lowest BCUT2D eigenvalue weighted by Crippen LogP contribution is -2.45. The predicted octanol–water partition coefficient (Wildman–Crippen LogP) is 3.55. The summed E-state index contributed by atoms with van der Waals surface area (Å²) < 4.78 is 0. The minimum Gasteiger partial charge on any atom is -0.349 e. The molecule has 8 heteroatoms. The van der Waals surface area contributed by atoms with E-state index >= 15 is 0 Å². The van der Waals surface area contributed by atoms with E-state index in [1.54, 1.807) is 17.3 Å². The van der Waals surface area contributed by atoms with Gasteiger partial charge in [0.25, 0.3) is 5.91 Å². The molecule has 3 aliphatic rings. The van der Waals surface area contributed by atoms with Crippen LogP contribution in [-0.4, -0.2) is 55.6 Å². The van der Waals surface area contributed by atoms with Crippen molar-refractivity contribution in [2.45, 2.75) is 57.1 Å². The number of nitrogens with one attached hydrogen (secondary N) is 1. The molecule has 2 aliphatic heterocycles. The zero-order chi connectivity index (χ0) is 21.8. The number of rotatable bonds is 4. The van der Waals surface area contributed by atoms with Crippen LogP contribution in [-0.2, 0) is 6.42 Å². The number of aliphatic imine (C=N–C) groups is 1. The Morgan fingerprint density at radius 1 is 1.23 bits per heavy atom. The van der Waals surface area contributed by atoms with Crippen LogP contribution in [0.5, 0.6) is 0 Å². The summed E-state index contributed by atoms with van der Waals surface area (Å²) in [6.07, 6.45) is 9.60. The molecule has 1 saturated carbocycles. The van der Waals surface area contributed by atoms with E-state index < -0.39 is 6.17 Å². The molecule has 4 heterocycles. The van der Waals surface area contributed by atoms with Crippen molar-refractivity contribution < 1.29 is 4.79 Å². The quantitative estimate of drug-likeness (QED) is 0.741. The van der Waals surface area contributed by atoms with Gasteiger partial charge >= 0.3 is 0 Å². The fourth-order valence-electron chi connectivity index (χ4n) is 4.10. The molecule has 2 atom stereocenters. The molecule has 0 aromatic carbocycles. The van der Waals surface area contributed by atoms with Gasteiger partial charge in [-0.25, -0.2) is 9.97 Å². The summed E-state index contributed by atoms with van der Waals surface area (Å²) in [6, 6.07) is 2.08. The van der Waals surface area contributed by atoms with Gasteiger partial charge < -0.3 is 10.2 Å². The molecular formula is C23H25ClN6O. The first-order valence-electron chi connectivity index (χ1n) is 10.6. The Balaban J connectivity index is 1.41. The molecule has 2 aromatic heterocycles. The molecule has 1 fully saturated rings. The Hall–Kier alpha value is -2.80. The second-order valence-electron chi connectivity index (χ2n) is 8.90. The van der Waals surface area contributed by atoms with Crippen LogP contribution in [0.25, 0.3) is 5.57 Å². The molecule has 1 N–H and O–H groups in total. The van der Waals surface area contributed by atoms with Gasteiger partial charge in [-0.05, 0) is 50.8 Å². The van der Waals surface area contributed by atoms with Crippen LogP contribution in [0.15, 0.2) is 29.5 Å². The Labute approximate surface area is 186 Å². The maximum Gasteiger partial charge on any atom is 0.259 e. The molecule has 7 nitrogen and oxygen atoms in total. The van der Waals surface area contributed by atoms with Crippen molar-refractivity contribution in [1.82, 2.24) is 19.9 Å². The zero-order valence-electron chi connectivity index (χ0n) is 17.9. The molecular weight excluding hydrogens is 412 g/mol. The van der Waals surface area contributed by atoms with Gasteiger partial charge in [0, 0.05) is 42.7 Å². The largest absolute Gasteiger partial charge is 0.349 e. The summed E-state index contributed by atoms with van der Waals surface area (Å²) in [5.74, 6) is 0.494. The molecule has 0 saturated heterocycles. The summed E-state index contributed by atoms with van der Waals surface area (Å²) in [5, 5.41) is 2.99. The smallest absolute Gasteiger partial charge is 0.259 e. The van der Waals surface area contributed by atoms with Crippen LogP contribution in [0, 0.1) is 13.8 Å². The maximum atomic E-state index is 13.2. The molecule has 2 unspecified atom stereocenters. The van der Waals surface area contributed by atoms with Crippen molar-refractivity contribution in [1.29, 1.82) is 0 Å². The van der Waals surface area contributed by atoms with Crippen molar-refractivity contribution in [2.75, 3.05) is 11.9 Å². The summed E-state index contributed by atoms with van der Waals surface area (Å²) in [7, 11) is 0. The predicted molar refractivity (Wildman–Crippen MR) is 122 cm³/mol.